The highest BCUT2D eigenvalue weighted by molar-refractivity contribution is 7.98. The number of rotatable bonds is 4. The van der Waals surface area contributed by atoms with Crippen LogP contribution in [0, 0.1) is 17.0 Å². The first-order chi connectivity index (χ1) is 9.00. The summed E-state index contributed by atoms with van der Waals surface area (Å²) in [5.74, 6) is 0.519. The van der Waals surface area contributed by atoms with Gasteiger partial charge < -0.3 is 0 Å². The van der Waals surface area contributed by atoms with Crippen LogP contribution >= 0.6 is 11.8 Å². The minimum absolute atomic E-state index is 0.106. The first-order valence-corrected chi connectivity index (χ1v) is 6.46. The number of nitrogens with zero attached hydrogens (tertiary/aromatic N) is 3. The Morgan fingerprint density at radius 1 is 1.53 bits per heavy atom. The van der Waals surface area contributed by atoms with Crippen LogP contribution in [-0.2, 0) is 12.8 Å². The molecule has 0 amide bonds. The highest BCUT2D eigenvalue weighted by atomic mass is 32.2. The Labute approximate surface area is 112 Å². The van der Waals surface area contributed by atoms with Crippen molar-refractivity contribution in [1.29, 1.82) is 0 Å². The summed E-state index contributed by atoms with van der Waals surface area (Å²) in [5.41, 5.74) is 1.32. The molecular formula is C11H12N4O3S. The zero-order valence-corrected chi connectivity index (χ0v) is 11.2. The van der Waals surface area contributed by atoms with Crippen LogP contribution in [0.5, 0.6) is 0 Å². The van der Waals surface area contributed by atoms with Crippen molar-refractivity contribution in [3.63, 3.8) is 0 Å². The molecule has 0 radical (unpaired) electrons. The number of hydrogen-bond acceptors (Lipinski definition) is 5. The lowest BCUT2D eigenvalue weighted by Gasteiger charge is -2.05. The van der Waals surface area contributed by atoms with E-state index in [0.29, 0.717) is 16.5 Å². The molecule has 0 aliphatic heterocycles. The van der Waals surface area contributed by atoms with Gasteiger partial charge >= 0.3 is 5.69 Å². The molecule has 2 aromatic rings. The van der Waals surface area contributed by atoms with Crippen LogP contribution in [0.25, 0.3) is 0 Å². The van der Waals surface area contributed by atoms with Gasteiger partial charge in [-0.1, -0.05) is 23.9 Å². The van der Waals surface area contributed by atoms with Crippen LogP contribution in [-0.4, -0.2) is 19.7 Å². The second-order valence-electron chi connectivity index (χ2n) is 3.98. The Kier molecular flexibility index (Phi) is 3.70. The van der Waals surface area contributed by atoms with E-state index in [1.54, 1.807) is 20.0 Å². The number of thioether (sulfide) groups is 1. The molecular weight excluding hydrogens is 268 g/mol. The van der Waals surface area contributed by atoms with Crippen LogP contribution < -0.4 is 5.69 Å². The molecule has 1 N–H and O–H groups in total. The smallest absolute Gasteiger partial charge is 0.273 e. The Morgan fingerprint density at radius 2 is 2.26 bits per heavy atom. The molecule has 0 fully saturated rings. The molecule has 1 aromatic carbocycles. The lowest BCUT2D eigenvalue weighted by atomic mass is 10.1. The third-order valence-corrected chi connectivity index (χ3v) is 3.89. The predicted molar refractivity (Wildman–Crippen MR) is 71.2 cm³/mol. The van der Waals surface area contributed by atoms with Crippen molar-refractivity contribution in [3.8, 4) is 0 Å². The van der Waals surface area contributed by atoms with Crippen molar-refractivity contribution in [3.05, 3.63) is 49.9 Å². The van der Waals surface area contributed by atoms with Gasteiger partial charge in [-0.15, -0.1) is 5.10 Å². The molecule has 2 rings (SSSR count). The van der Waals surface area contributed by atoms with E-state index in [-0.39, 0.29) is 11.4 Å². The van der Waals surface area contributed by atoms with Crippen LogP contribution in [0.1, 0.15) is 11.1 Å². The van der Waals surface area contributed by atoms with Gasteiger partial charge in [0.25, 0.3) is 5.69 Å². The summed E-state index contributed by atoms with van der Waals surface area (Å²) >= 11 is 1.35. The fourth-order valence-electron chi connectivity index (χ4n) is 1.63. The normalized spacial score (nSPS) is 10.6. The van der Waals surface area contributed by atoms with E-state index >= 15 is 0 Å². The fraction of sp³-hybridized carbons (Fsp3) is 0.273. The average molecular weight is 280 g/mol. The second kappa shape index (κ2) is 5.27. The van der Waals surface area contributed by atoms with Crippen molar-refractivity contribution in [2.24, 2.45) is 7.05 Å². The summed E-state index contributed by atoms with van der Waals surface area (Å²) in [6, 6.07) is 4.97. The number of aromatic amines is 1. The molecule has 100 valence electrons. The Balaban J connectivity index is 2.21. The van der Waals surface area contributed by atoms with Crippen LogP contribution in [0.3, 0.4) is 0 Å². The number of nitro benzene ring substituents is 1. The molecule has 0 spiro atoms. The molecule has 0 atom stereocenters. The van der Waals surface area contributed by atoms with E-state index in [1.165, 1.54) is 22.4 Å². The zero-order valence-electron chi connectivity index (χ0n) is 10.4. The number of H-pyrrole nitrogens is 1. The van der Waals surface area contributed by atoms with E-state index in [9.17, 15) is 14.9 Å². The molecule has 1 heterocycles. The van der Waals surface area contributed by atoms with Crippen LogP contribution in [0.2, 0.25) is 0 Å². The first kappa shape index (κ1) is 13.3. The minimum Gasteiger partial charge on any atom is -0.273 e. The molecule has 7 nitrogen and oxygen atoms in total. The summed E-state index contributed by atoms with van der Waals surface area (Å²) in [6.45, 7) is 1.72. The topological polar surface area (TPSA) is 93.8 Å². The third-order valence-electron chi connectivity index (χ3n) is 2.81. The molecule has 1 aromatic heterocycles. The van der Waals surface area contributed by atoms with Crippen molar-refractivity contribution < 1.29 is 4.92 Å². The number of aromatic nitrogens is 3. The Hall–Kier alpha value is -2.09. The molecule has 0 saturated carbocycles. The Bertz CT molecular complexity index is 677. The maximum atomic E-state index is 11.2. The van der Waals surface area contributed by atoms with Crippen molar-refractivity contribution in [2.45, 2.75) is 17.8 Å². The van der Waals surface area contributed by atoms with Crippen LogP contribution in [0.4, 0.5) is 5.69 Å². The SMILES string of the molecule is Cc1c(CSc2n[nH]c(=O)n2C)cccc1[N+](=O)[O-]. The largest absolute Gasteiger partial charge is 0.343 e. The molecule has 0 aliphatic carbocycles. The Morgan fingerprint density at radius 3 is 2.84 bits per heavy atom. The van der Waals surface area contributed by atoms with E-state index in [2.05, 4.69) is 10.2 Å². The second-order valence-corrected chi connectivity index (χ2v) is 4.92. The monoisotopic (exact) mass is 280 g/mol. The molecule has 8 heteroatoms. The number of benzene rings is 1. The quantitative estimate of drug-likeness (QED) is 0.521. The summed E-state index contributed by atoms with van der Waals surface area (Å²) in [4.78, 5) is 21.7. The van der Waals surface area contributed by atoms with Gasteiger partial charge in [0, 0.05) is 24.4 Å². The highest BCUT2D eigenvalue weighted by Crippen LogP contribution is 2.26. The van der Waals surface area contributed by atoms with Crippen molar-refractivity contribution in [2.75, 3.05) is 0 Å². The van der Waals surface area contributed by atoms with Gasteiger partial charge in [-0.05, 0) is 12.5 Å². The lowest BCUT2D eigenvalue weighted by Crippen LogP contribution is -2.12. The van der Waals surface area contributed by atoms with E-state index in [4.69, 9.17) is 0 Å². The molecule has 0 bridgehead atoms. The van der Waals surface area contributed by atoms with E-state index in [0.717, 1.165) is 5.56 Å². The van der Waals surface area contributed by atoms with Crippen molar-refractivity contribution >= 4 is 17.4 Å². The first-order valence-electron chi connectivity index (χ1n) is 5.47. The molecule has 0 aliphatic rings. The summed E-state index contributed by atoms with van der Waals surface area (Å²) in [7, 11) is 1.62. The average Bonchev–Trinajstić information content (AvgIpc) is 2.68. The standard InChI is InChI=1S/C11H12N4O3S/c1-7-8(4-3-5-9(7)15(17)18)6-19-11-13-12-10(16)14(11)2/h3-5H,6H2,1-2H3,(H,12,16). The van der Waals surface area contributed by atoms with Gasteiger partial charge in [0.1, 0.15) is 0 Å². The number of nitro groups is 1. The van der Waals surface area contributed by atoms with Gasteiger partial charge in [-0.2, -0.15) is 0 Å². The van der Waals surface area contributed by atoms with E-state index < -0.39 is 4.92 Å². The van der Waals surface area contributed by atoms with Gasteiger partial charge in [-0.3, -0.25) is 14.7 Å². The van der Waals surface area contributed by atoms with Gasteiger partial charge in [0.05, 0.1) is 4.92 Å². The number of hydrogen-bond donors (Lipinski definition) is 1. The van der Waals surface area contributed by atoms with Gasteiger partial charge in [0.2, 0.25) is 0 Å². The summed E-state index contributed by atoms with van der Waals surface area (Å²) < 4.78 is 1.40. The molecule has 0 saturated heterocycles. The predicted octanol–water partition coefficient (Wildman–Crippen LogP) is 1.62. The molecule has 19 heavy (non-hydrogen) atoms. The lowest BCUT2D eigenvalue weighted by molar-refractivity contribution is -0.385. The zero-order chi connectivity index (χ0) is 14.0. The van der Waals surface area contributed by atoms with Crippen LogP contribution in [0.15, 0.2) is 28.2 Å². The van der Waals surface area contributed by atoms with Gasteiger partial charge in [0.15, 0.2) is 5.16 Å². The highest BCUT2D eigenvalue weighted by Gasteiger charge is 2.14. The minimum atomic E-state index is -0.395. The number of nitrogens with one attached hydrogen (secondary N) is 1. The van der Waals surface area contributed by atoms with E-state index in [1.807, 2.05) is 6.07 Å². The fourth-order valence-corrected chi connectivity index (χ4v) is 2.61. The summed E-state index contributed by atoms with van der Waals surface area (Å²) in [5, 5.41) is 17.6. The van der Waals surface area contributed by atoms with Gasteiger partial charge in [-0.25, -0.2) is 9.89 Å². The third kappa shape index (κ3) is 2.68. The molecule has 0 unspecified atom stereocenters. The summed E-state index contributed by atoms with van der Waals surface area (Å²) in [6.07, 6.45) is 0. The maximum absolute atomic E-state index is 11.2. The van der Waals surface area contributed by atoms with Crippen molar-refractivity contribution in [1.82, 2.24) is 14.8 Å². The maximum Gasteiger partial charge on any atom is 0.343 e.